The fourth-order valence-electron chi connectivity index (χ4n) is 1.73. The highest BCUT2D eigenvalue weighted by Crippen LogP contribution is 2.44. The molecular formula is C14H20N2O. The second kappa shape index (κ2) is 4.49. The van der Waals surface area contributed by atoms with Gasteiger partial charge >= 0.3 is 0 Å². The third-order valence-electron chi connectivity index (χ3n) is 3.51. The molecule has 0 aliphatic heterocycles. The van der Waals surface area contributed by atoms with Crippen LogP contribution in [0.5, 0.6) is 0 Å². The van der Waals surface area contributed by atoms with Crippen LogP contribution in [0.25, 0.3) is 0 Å². The highest BCUT2D eigenvalue weighted by Gasteiger charge is 2.37. The van der Waals surface area contributed by atoms with Crippen LogP contribution in [-0.2, 0) is 4.79 Å². The number of rotatable bonds is 4. The van der Waals surface area contributed by atoms with Crippen LogP contribution in [-0.4, -0.2) is 12.5 Å². The Kier molecular flexibility index (Phi) is 3.20. The van der Waals surface area contributed by atoms with Crippen molar-refractivity contribution in [1.82, 2.24) is 5.32 Å². The van der Waals surface area contributed by atoms with Crippen molar-refractivity contribution in [2.75, 3.05) is 6.54 Å². The molecule has 1 aromatic rings. The molecule has 3 N–H and O–H groups in total. The van der Waals surface area contributed by atoms with Gasteiger partial charge < -0.3 is 11.1 Å². The Balaban J connectivity index is 1.92. The Morgan fingerprint density at radius 3 is 2.53 bits per heavy atom. The molecule has 1 aliphatic rings. The highest BCUT2D eigenvalue weighted by molar-refractivity contribution is 5.82. The lowest BCUT2D eigenvalue weighted by Crippen LogP contribution is -2.36. The molecule has 1 amide bonds. The number of hydrogen-bond donors (Lipinski definition) is 2. The number of carbonyl (C=O) groups is 1. The lowest BCUT2D eigenvalue weighted by atomic mass is 10.0. The first-order valence-corrected chi connectivity index (χ1v) is 6.10. The molecule has 3 heteroatoms. The molecule has 1 aliphatic carbocycles. The largest absolute Gasteiger partial charge is 0.354 e. The van der Waals surface area contributed by atoms with Gasteiger partial charge in [-0.2, -0.15) is 0 Å². The van der Waals surface area contributed by atoms with Gasteiger partial charge in [-0.05, 0) is 30.7 Å². The summed E-state index contributed by atoms with van der Waals surface area (Å²) in [5.41, 5.74) is 8.29. The van der Waals surface area contributed by atoms with Gasteiger partial charge in [0.15, 0.2) is 0 Å². The quantitative estimate of drug-likeness (QED) is 0.833. The minimum atomic E-state index is -0.557. The normalized spacial score (nSPS) is 18.5. The molecule has 0 heterocycles. The van der Waals surface area contributed by atoms with Gasteiger partial charge in [-0.1, -0.05) is 36.8 Å². The van der Waals surface area contributed by atoms with E-state index >= 15 is 0 Å². The van der Waals surface area contributed by atoms with Crippen LogP contribution in [0.1, 0.15) is 36.9 Å². The number of nitrogens with one attached hydrogen (secondary N) is 1. The Hall–Kier alpha value is -1.35. The van der Waals surface area contributed by atoms with Gasteiger partial charge in [0, 0.05) is 6.54 Å². The van der Waals surface area contributed by atoms with Crippen LogP contribution < -0.4 is 11.1 Å². The number of nitrogens with two attached hydrogens (primary N) is 1. The van der Waals surface area contributed by atoms with E-state index < -0.39 is 6.04 Å². The summed E-state index contributed by atoms with van der Waals surface area (Å²) in [4.78, 5) is 11.9. The minimum absolute atomic E-state index is 0.0815. The third-order valence-corrected chi connectivity index (χ3v) is 3.51. The summed E-state index contributed by atoms with van der Waals surface area (Å²) in [6.45, 7) is 4.94. The SMILES string of the molecule is Cc1ccc(C(N)C(=O)NCC2(C)CC2)cc1. The van der Waals surface area contributed by atoms with E-state index in [9.17, 15) is 4.79 Å². The molecule has 0 aromatic heterocycles. The van der Waals surface area contributed by atoms with Gasteiger partial charge in [-0.25, -0.2) is 0 Å². The van der Waals surface area contributed by atoms with Gasteiger partial charge in [0.1, 0.15) is 6.04 Å². The van der Waals surface area contributed by atoms with Crippen LogP contribution in [0, 0.1) is 12.3 Å². The zero-order valence-electron chi connectivity index (χ0n) is 10.5. The second-order valence-electron chi connectivity index (χ2n) is 5.42. The summed E-state index contributed by atoms with van der Waals surface area (Å²) in [6, 6.07) is 7.23. The maximum absolute atomic E-state index is 11.9. The molecule has 1 fully saturated rings. The predicted octanol–water partition coefficient (Wildman–Crippen LogP) is 1.91. The van der Waals surface area contributed by atoms with E-state index in [0.29, 0.717) is 5.41 Å². The summed E-state index contributed by atoms with van der Waals surface area (Å²) in [5, 5.41) is 2.93. The molecule has 1 saturated carbocycles. The van der Waals surface area contributed by atoms with Crippen LogP contribution in [0.15, 0.2) is 24.3 Å². The summed E-state index contributed by atoms with van der Waals surface area (Å²) in [5.74, 6) is -0.0815. The number of carbonyl (C=O) groups excluding carboxylic acids is 1. The molecule has 17 heavy (non-hydrogen) atoms. The van der Waals surface area contributed by atoms with Crippen LogP contribution >= 0.6 is 0 Å². The molecule has 2 rings (SSSR count). The minimum Gasteiger partial charge on any atom is -0.354 e. The smallest absolute Gasteiger partial charge is 0.241 e. The summed E-state index contributed by atoms with van der Waals surface area (Å²) in [6.07, 6.45) is 2.40. The number of benzene rings is 1. The monoisotopic (exact) mass is 232 g/mol. The first kappa shape index (κ1) is 12.1. The van der Waals surface area contributed by atoms with Crippen molar-refractivity contribution in [3.63, 3.8) is 0 Å². The van der Waals surface area contributed by atoms with Crippen molar-refractivity contribution in [1.29, 1.82) is 0 Å². The van der Waals surface area contributed by atoms with Crippen molar-refractivity contribution in [3.05, 3.63) is 35.4 Å². The summed E-state index contributed by atoms with van der Waals surface area (Å²) < 4.78 is 0. The first-order valence-electron chi connectivity index (χ1n) is 6.10. The average molecular weight is 232 g/mol. The summed E-state index contributed by atoms with van der Waals surface area (Å²) >= 11 is 0. The first-order chi connectivity index (χ1) is 8.00. The van der Waals surface area contributed by atoms with E-state index in [-0.39, 0.29) is 5.91 Å². The lowest BCUT2D eigenvalue weighted by molar-refractivity contribution is -0.122. The highest BCUT2D eigenvalue weighted by atomic mass is 16.2. The van der Waals surface area contributed by atoms with Crippen molar-refractivity contribution in [2.24, 2.45) is 11.1 Å². The standard InChI is InChI=1S/C14H20N2O/c1-10-3-5-11(6-4-10)12(15)13(17)16-9-14(2)7-8-14/h3-6,12H,7-9,15H2,1-2H3,(H,16,17). The molecular weight excluding hydrogens is 212 g/mol. The van der Waals surface area contributed by atoms with E-state index in [1.54, 1.807) is 0 Å². The molecule has 0 saturated heterocycles. The molecule has 92 valence electrons. The zero-order chi connectivity index (χ0) is 12.5. The van der Waals surface area contributed by atoms with Gasteiger partial charge in [-0.3, -0.25) is 4.79 Å². The number of hydrogen-bond acceptors (Lipinski definition) is 2. The maximum atomic E-state index is 11.9. The molecule has 3 nitrogen and oxygen atoms in total. The molecule has 0 spiro atoms. The molecule has 0 bridgehead atoms. The fraction of sp³-hybridized carbons (Fsp3) is 0.500. The Bertz CT molecular complexity index is 407. The lowest BCUT2D eigenvalue weighted by Gasteiger charge is -2.15. The third kappa shape index (κ3) is 3.07. The fourth-order valence-corrected chi connectivity index (χ4v) is 1.73. The molecule has 1 aromatic carbocycles. The van der Waals surface area contributed by atoms with Gasteiger partial charge in [-0.15, -0.1) is 0 Å². The number of aryl methyl sites for hydroxylation is 1. The van der Waals surface area contributed by atoms with Crippen LogP contribution in [0.3, 0.4) is 0 Å². The zero-order valence-corrected chi connectivity index (χ0v) is 10.5. The van der Waals surface area contributed by atoms with Crippen LogP contribution in [0.4, 0.5) is 0 Å². The van der Waals surface area contributed by atoms with E-state index in [1.807, 2.05) is 31.2 Å². The van der Waals surface area contributed by atoms with Gasteiger partial charge in [0.25, 0.3) is 0 Å². The van der Waals surface area contributed by atoms with Crippen molar-refractivity contribution in [3.8, 4) is 0 Å². The maximum Gasteiger partial charge on any atom is 0.241 e. The Morgan fingerprint density at radius 1 is 1.41 bits per heavy atom. The predicted molar refractivity (Wildman–Crippen MR) is 68.5 cm³/mol. The van der Waals surface area contributed by atoms with Crippen molar-refractivity contribution < 1.29 is 4.79 Å². The van der Waals surface area contributed by atoms with E-state index in [4.69, 9.17) is 5.73 Å². The summed E-state index contributed by atoms with van der Waals surface area (Å²) in [7, 11) is 0. The van der Waals surface area contributed by atoms with E-state index in [0.717, 1.165) is 12.1 Å². The van der Waals surface area contributed by atoms with Gasteiger partial charge in [0.2, 0.25) is 5.91 Å². The molecule has 0 radical (unpaired) electrons. The van der Waals surface area contributed by atoms with E-state index in [2.05, 4.69) is 12.2 Å². The van der Waals surface area contributed by atoms with Crippen LogP contribution in [0.2, 0.25) is 0 Å². The second-order valence-corrected chi connectivity index (χ2v) is 5.42. The van der Waals surface area contributed by atoms with Gasteiger partial charge in [0.05, 0.1) is 0 Å². The number of amides is 1. The Morgan fingerprint density at radius 2 is 2.00 bits per heavy atom. The van der Waals surface area contributed by atoms with Crippen molar-refractivity contribution in [2.45, 2.75) is 32.7 Å². The van der Waals surface area contributed by atoms with Crippen molar-refractivity contribution >= 4 is 5.91 Å². The van der Waals surface area contributed by atoms with E-state index in [1.165, 1.54) is 18.4 Å². The molecule has 1 atom stereocenters. The average Bonchev–Trinajstić information content (AvgIpc) is 3.05. The Labute approximate surface area is 102 Å². The molecule has 1 unspecified atom stereocenters. The topological polar surface area (TPSA) is 55.1 Å².